The van der Waals surface area contributed by atoms with E-state index in [4.69, 9.17) is 9.47 Å². The van der Waals surface area contributed by atoms with Gasteiger partial charge in [-0.1, -0.05) is 25.7 Å². The number of fused-ring (bicyclic) bond motifs is 1. The molecule has 1 N–H and O–H groups in total. The summed E-state index contributed by atoms with van der Waals surface area (Å²) in [6.07, 6.45) is -0.161. The largest absolute Gasteiger partial charge is 0.494 e. The molecule has 6 nitrogen and oxygen atoms in total. The first kappa shape index (κ1) is 26.7. The number of ether oxygens (including phenoxy) is 2. The Hall–Kier alpha value is -2.94. The Labute approximate surface area is 206 Å². The van der Waals surface area contributed by atoms with Crippen molar-refractivity contribution < 1.29 is 27.8 Å². The predicted octanol–water partition coefficient (Wildman–Crippen LogP) is 5.38. The lowest BCUT2D eigenvalue weighted by molar-refractivity contribution is -0.122. The Morgan fingerprint density at radius 2 is 1.80 bits per heavy atom. The van der Waals surface area contributed by atoms with E-state index in [1.807, 2.05) is 32.6 Å². The predicted molar refractivity (Wildman–Crippen MR) is 135 cm³/mol. The molecule has 2 aromatic rings. The van der Waals surface area contributed by atoms with Gasteiger partial charge < -0.3 is 14.8 Å². The first-order valence-electron chi connectivity index (χ1n) is 11.8. The third-order valence-corrected chi connectivity index (χ3v) is 7.65. The van der Waals surface area contributed by atoms with Crippen LogP contribution in [0.3, 0.4) is 0 Å². The summed E-state index contributed by atoms with van der Waals surface area (Å²) < 4.78 is 40.8. The van der Waals surface area contributed by atoms with Gasteiger partial charge in [-0.25, -0.2) is 13.6 Å². The highest BCUT2D eigenvalue weighted by atomic mass is 28.3. The van der Waals surface area contributed by atoms with Crippen LogP contribution in [0.15, 0.2) is 30.3 Å². The van der Waals surface area contributed by atoms with Crippen molar-refractivity contribution in [1.82, 2.24) is 4.90 Å². The molecule has 0 aliphatic carbocycles. The van der Waals surface area contributed by atoms with Crippen molar-refractivity contribution in [2.75, 3.05) is 18.5 Å². The molecule has 0 aromatic heterocycles. The van der Waals surface area contributed by atoms with Crippen LogP contribution in [0.1, 0.15) is 44.9 Å². The van der Waals surface area contributed by atoms with Crippen LogP contribution in [0.5, 0.6) is 5.75 Å². The molecule has 1 atom stereocenters. The molecular weight excluding hydrogens is 470 g/mol. The van der Waals surface area contributed by atoms with Gasteiger partial charge >= 0.3 is 6.09 Å². The van der Waals surface area contributed by atoms with E-state index in [2.05, 4.69) is 5.32 Å². The van der Waals surface area contributed by atoms with Gasteiger partial charge in [0.05, 0.1) is 20.4 Å². The van der Waals surface area contributed by atoms with Crippen LogP contribution in [0, 0.1) is 11.6 Å². The summed E-state index contributed by atoms with van der Waals surface area (Å²) in [5, 5.41) is 2.85. The average molecular weight is 505 g/mol. The lowest BCUT2D eigenvalue weighted by atomic mass is 9.92. The fourth-order valence-corrected chi connectivity index (χ4v) is 5.43. The monoisotopic (exact) mass is 504 g/mol. The molecule has 1 heterocycles. The maximum absolute atomic E-state index is 14.9. The third kappa shape index (κ3) is 6.20. The molecule has 0 bridgehead atoms. The summed E-state index contributed by atoms with van der Waals surface area (Å²) in [5.74, 6) is -1.27. The molecule has 190 valence electrons. The van der Waals surface area contributed by atoms with E-state index in [0.29, 0.717) is 29.5 Å². The van der Waals surface area contributed by atoms with Crippen LogP contribution in [-0.4, -0.2) is 43.7 Å². The van der Waals surface area contributed by atoms with Gasteiger partial charge in [0.1, 0.15) is 29.0 Å². The summed E-state index contributed by atoms with van der Waals surface area (Å²) in [6.45, 7) is 13.6. The van der Waals surface area contributed by atoms with Crippen molar-refractivity contribution in [3.05, 3.63) is 53.1 Å². The minimum atomic E-state index is -2.12. The first-order valence-corrected chi connectivity index (χ1v) is 15.3. The Balaban J connectivity index is 1.99. The molecule has 0 spiro atoms. The average Bonchev–Trinajstić information content (AvgIpc) is 2.73. The second-order valence-corrected chi connectivity index (χ2v) is 15.7. The molecule has 0 saturated heterocycles. The van der Waals surface area contributed by atoms with Crippen molar-refractivity contribution in [3.8, 4) is 5.75 Å². The SMILES string of the molecule is CCOc1ccc2c(c1)CCN(C(=O)OC(C)(C)C)[C@H]2C(=O)Nc1cc(F)c([Si](C)(C)C)cc1F. The summed E-state index contributed by atoms with van der Waals surface area (Å²) in [6, 6.07) is 6.39. The first-order chi connectivity index (χ1) is 16.2. The van der Waals surface area contributed by atoms with Crippen molar-refractivity contribution in [2.24, 2.45) is 0 Å². The van der Waals surface area contributed by atoms with Gasteiger partial charge in [0.2, 0.25) is 0 Å². The molecule has 0 unspecified atom stereocenters. The third-order valence-electron chi connectivity index (χ3n) is 5.65. The highest BCUT2D eigenvalue weighted by molar-refractivity contribution is 6.88. The number of nitrogens with zero attached hydrogens (tertiary/aromatic N) is 1. The number of rotatable bonds is 5. The zero-order chi connectivity index (χ0) is 26.1. The van der Waals surface area contributed by atoms with Crippen LogP contribution in [0.2, 0.25) is 19.6 Å². The van der Waals surface area contributed by atoms with E-state index in [1.54, 1.807) is 32.9 Å². The van der Waals surface area contributed by atoms with Crippen molar-refractivity contribution in [3.63, 3.8) is 0 Å². The second-order valence-electron chi connectivity index (χ2n) is 10.7. The maximum atomic E-state index is 14.9. The van der Waals surface area contributed by atoms with E-state index in [9.17, 15) is 18.4 Å². The lowest BCUT2D eigenvalue weighted by Crippen LogP contribution is -2.47. The fraction of sp³-hybridized carbons (Fsp3) is 0.462. The number of anilines is 1. The molecule has 0 radical (unpaired) electrons. The van der Waals surface area contributed by atoms with Crippen molar-refractivity contribution in [1.29, 1.82) is 0 Å². The van der Waals surface area contributed by atoms with Gasteiger partial charge in [-0.3, -0.25) is 9.69 Å². The van der Waals surface area contributed by atoms with Gasteiger partial charge in [-0.15, -0.1) is 0 Å². The number of carbonyl (C=O) groups is 2. The number of hydrogen-bond donors (Lipinski definition) is 1. The molecular formula is C26H34F2N2O4Si. The molecule has 2 amide bonds. The zero-order valence-electron chi connectivity index (χ0n) is 21.4. The van der Waals surface area contributed by atoms with Gasteiger partial charge in [0.25, 0.3) is 5.91 Å². The van der Waals surface area contributed by atoms with Crippen LogP contribution in [-0.2, 0) is 16.0 Å². The van der Waals surface area contributed by atoms with Crippen LogP contribution in [0.4, 0.5) is 19.3 Å². The van der Waals surface area contributed by atoms with Gasteiger partial charge in [0.15, 0.2) is 0 Å². The molecule has 3 rings (SSSR count). The smallest absolute Gasteiger partial charge is 0.411 e. The van der Waals surface area contributed by atoms with Gasteiger partial charge in [0, 0.05) is 12.6 Å². The molecule has 35 heavy (non-hydrogen) atoms. The van der Waals surface area contributed by atoms with E-state index in [1.165, 1.54) is 4.90 Å². The van der Waals surface area contributed by atoms with E-state index in [-0.39, 0.29) is 12.2 Å². The lowest BCUT2D eigenvalue weighted by Gasteiger charge is -2.37. The van der Waals surface area contributed by atoms with E-state index >= 15 is 0 Å². The fourth-order valence-electron chi connectivity index (χ4n) is 4.08. The number of carbonyl (C=O) groups excluding carboxylic acids is 2. The van der Waals surface area contributed by atoms with Crippen molar-refractivity contribution in [2.45, 2.75) is 65.4 Å². The molecule has 2 aromatic carbocycles. The normalized spacial score (nSPS) is 15.9. The number of nitrogens with one attached hydrogen (secondary N) is 1. The molecule has 0 saturated carbocycles. The zero-order valence-corrected chi connectivity index (χ0v) is 22.4. The summed E-state index contributed by atoms with van der Waals surface area (Å²) in [4.78, 5) is 27.8. The molecule has 0 fully saturated rings. The quantitative estimate of drug-likeness (QED) is 0.555. The molecule has 1 aliphatic heterocycles. The Kier molecular flexibility index (Phi) is 7.59. The van der Waals surface area contributed by atoms with E-state index in [0.717, 1.165) is 17.7 Å². The second kappa shape index (κ2) is 9.97. The minimum absolute atomic E-state index is 0.223. The molecule has 9 heteroatoms. The topological polar surface area (TPSA) is 67.9 Å². The Bertz CT molecular complexity index is 1130. The Morgan fingerprint density at radius 1 is 1.11 bits per heavy atom. The maximum Gasteiger partial charge on any atom is 0.411 e. The molecule has 1 aliphatic rings. The van der Waals surface area contributed by atoms with Crippen LogP contribution in [0.25, 0.3) is 0 Å². The highest BCUT2D eigenvalue weighted by Gasteiger charge is 2.39. The summed E-state index contributed by atoms with van der Waals surface area (Å²) in [7, 11) is -2.12. The number of amides is 2. The van der Waals surface area contributed by atoms with E-state index < -0.39 is 43.4 Å². The van der Waals surface area contributed by atoms with Crippen molar-refractivity contribution >= 4 is 30.9 Å². The van der Waals surface area contributed by atoms with Gasteiger partial charge in [-0.2, -0.15) is 0 Å². The number of benzene rings is 2. The van der Waals surface area contributed by atoms with Gasteiger partial charge in [-0.05, 0) is 68.6 Å². The van der Waals surface area contributed by atoms with Crippen LogP contribution < -0.4 is 15.2 Å². The minimum Gasteiger partial charge on any atom is -0.494 e. The number of hydrogen-bond acceptors (Lipinski definition) is 4. The van der Waals surface area contributed by atoms with Crippen LogP contribution >= 0.6 is 0 Å². The highest BCUT2D eigenvalue weighted by Crippen LogP contribution is 2.34. The Morgan fingerprint density at radius 3 is 2.40 bits per heavy atom. The number of halogens is 2. The summed E-state index contributed by atoms with van der Waals surface area (Å²) in [5.41, 5.74) is 0.398. The standard InChI is InChI=1S/C26H34F2N2O4Si/c1-8-33-17-9-10-18-16(13-17)11-12-30(25(32)34-26(2,3)4)23(18)24(31)29-21-14-20(28)22(15-19(21)27)35(5,6)7/h9-10,13-15,23H,8,11-12H2,1-7H3,(H,29,31)/t23-/m1/s1. The summed E-state index contributed by atoms with van der Waals surface area (Å²) >= 11 is 0.